The number of aromatic nitrogens is 2. The lowest BCUT2D eigenvalue weighted by Crippen LogP contribution is -2.03. The lowest BCUT2D eigenvalue weighted by Gasteiger charge is -2.07. The molecule has 0 saturated carbocycles. The number of hydrogen-bond donors (Lipinski definition) is 2. The van der Waals surface area contributed by atoms with E-state index in [1.807, 2.05) is 0 Å². The fourth-order valence-corrected chi connectivity index (χ4v) is 2.63. The van der Waals surface area contributed by atoms with Crippen LogP contribution in [0.25, 0.3) is 22.6 Å². The molecule has 0 aliphatic carbocycles. The molecule has 0 saturated heterocycles. The Balaban J connectivity index is 2.30. The summed E-state index contributed by atoms with van der Waals surface area (Å²) in [7, 11) is 0. The van der Waals surface area contributed by atoms with Gasteiger partial charge < -0.3 is 15.2 Å². The van der Waals surface area contributed by atoms with Gasteiger partial charge in [-0.15, -0.1) is 0 Å². The predicted octanol–water partition coefficient (Wildman–Crippen LogP) is 3.59. The van der Waals surface area contributed by atoms with Crippen LogP contribution in [0.2, 0.25) is 10.0 Å². The first-order chi connectivity index (χ1) is 10.1. The van der Waals surface area contributed by atoms with Crippen molar-refractivity contribution in [3.05, 3.63) is 56.8 Å². The van der Waals surface area contributed by atoms with Crippen molar-refractivity contribution in [3.63, 3.8) is 0 Å². The standard InChI is InChI=1S/C14H9Cl2N3O2/c15-7-3-1-4-8(16)11(7)12-13(21-19-14(12)17)9-5-2-6-10(20)18-9/h1-6H,(H2,17,19)(H,18,20). The van der Waals surface area contributed by atoms with E-state index in [0.717, 1.165) is 0 Å². The molecule has 0 fully saturated rings. The number of nitrogen functional groups attached to an aromatic ring is 1. The smallest absolute Gasteiger partial charge is 0.248 e. The maximum Gasteiger partial charge on any atom is 0.248 e. The number of H-pyrrole nitrogens is 1. The van der Waals surface area contributed by atoms with E-state index in [9.17, 15) is 4.79 Å². The van der Waals surface area contributed by atoms with Gasteiger partial charge in [-0.05, 0) is 18.2 Å². The van der Waals surface area contributed by atoms with Crippen LogP contribution in [0, 0.1) is 0 Å². The highest BCUT2D eigenvalue weighted by Crippen LogP contribution is 2.42. The van der Waals surface area contributed by atoms with E-state index in [4.69, 9.17) is 33.5 Å². The second-order valence-electron chi connectivity index (χ2n) is 4.30. The summed E-state index contributed by atoms with van der Waals surface area (Å²) in [5.41, 5.74) is 7.01. The zero-order valence-electron chi connectivity index (χ0n) is 10.6. The molecule has 1 aromatic carbocycles. The molecule has 0 bridgehead atoms. The number of rotatable bonds is 2. The highest BCUT2D eigenvalue weighted by molar-refractivity contribution is 6.39. The number of nitrogens with zero attached hydrogens (tertiary/aromatic N) is 1. The Bertz CT molecular complexity index is 850. The Morgan fingerprint density at radius 2 is 1.71 bits per heavy atom. The molecule has 0 unspecified atom stereocenters. The average molecular weight is 322 g/mol. The summed E-state index contributed by atoms with van der Waals surface area (Å²) >= 11 is 12.4. The number of pyridine rings is 1. The third kappa shape index (κ3) is 2.41. The van der Waals surface area contributed by atoms with Crippen LogP contribution in [0.3, 0.4) is 0 Å². The molecule has 0 atom stereocenters. The fraction of sp³-hybridized carbons (Fsp3) is 0. The summed E-state index contributed by atoms with van der Waals surface area (Å²) in [5, 5.41) is 4.57. The minimum absolute atomic E-state index is 0.143. The number of halogens is 2. The molecule has 2 aromatic heterocycles. The lowest BCUT2D eigenvalue weighted by molar-refractivity contribution is 0.434. The summed E-state index contributed by atoms with van der Waals surface area (Å²) < 4.78 is 5.24. The van der Waals surface area contributed by atoms with E-state index < -0.39 is 0 Å². The number of nitrogens with one attached hydrogen (secondary N) is 1. The normalized spacial score (nSPS) is 10.8. The molecular weight excluding hydrogens is 313 g/mol. The van der Waals surface area contributed by atoms with Crippen LogP contribution < -0.4 is 11.3 Å². The number of anilines is 1. The molecule has 21 heavy (non-hydrogen) atoms. The summed E-state index contributed by atoms with van der Waals surface area (Å²) in [6, 6.07) is 9.77. The zero-order chi connectivity index (χ0) is 15.0. The topological polar surface area (TPSA) is 84.9 Å². The summed E-state index contributed by atoms with van der Waals surface area (Å²) in [5.74, 6) is 0.449. The zero-order valence-corrected chi connectivity index (χ0v) is 12.1. The average Bonchev–Trinajstić information content (AvgIpc) is 2.81. The predicted molar refractivity (Wildman–Crippen MR) is 82.4 cm³/mol. The van der Waals surface area contributed by atoms with Crippen LogP contribution >= 0.6 is 23.2 Å². The Hall–Kier alpha value is -2.24. The first-order valence-corrected chi connectivity index (χ1v) is 6.73. The van der Waals surface area contributed by atoms with E-state index in [0.29, 0.717) is 32.6 Å². The molecule has 3 rings (SSSR count). The van der Waals surface area contributed by atoms with Gasteiger partial charge in [0.05, 0.1) is 21.3 Å². The van der Waals surface area contributed by atoms with Crippen LogP contribution in [-0.4, -0.2) is 10.1 Å². The quantitative estimate of drug-likeness (QED) is 0.755. The summed E-state index contributed by atoms with van der Waals surface area (Å²) in [6.07, 6.45) is 0. The Kier molecular flexibility index (Phi) is 3.45. The number of aromatic amines is 1. The maximum absolute atomic E-state index is 11.5. The van der Waals surface area contributed by atoms with Gasteiger partial charge in [-0.25, -0.2) is 0 Å². The van der Waals surface area contributed by atoms with Crippen LogP contribution in [-0.2, 0) is 0 Å². The third-order valence-corrected chi connectivity index (χ3v) is 3.57. The van der Waals surface area contributed by atoms with Crippen molar-refractivity contribution in [2.45, 2.75) is 0 Å². The molecule has 0 radical (unpaired) electrons. The Morgan fingerprint density at radius 1 is 1.05 bits per heavy atom. The van der Waals surface area contributed by atoms with Gasteiger partial charge in [-0.3, -0.25) is 4.79 Å². The molecule has 0 spiro atoms. The molecule has 0 aliphatic rings. The summed E-state index contributed by atoms with van der Waals surface area (Å²) in [6.45, 7) is 0. The lowest BCUT2D eigenvalue weighted by atomic mass is 10.0. The van der Waals surface area contributed by atoms with Crippen molar-refractivity contribution in [2.75, 3.05) is 5.73 Å². The van der Waals surface area contributed by atoms with Crippen molar-refractivity contribution in [1.29, 1.82) is 0 Å². The van der Waals surface area contributed by atoms with Crippen LogP contribution in [0.15, 0.2) is 45.7 Å². The van der Waals surface area contributed by atoms with Crippen molar-refractivity contribution in [3.8, 4) is 22.6 Å². The second kappa shape index (κ2) is 5.27. The van der Waals surface area contributed by atoms with Gasteiger partial charge in [-0.2, -0.15) is 0 Å². The van der Waals surface area contributed by atoms with Gasteiger partial charge in [0, 0.05) is 11.6 Å². The van der Waals surface area contributed by atoms with Crippen LogP contribution in [0.5, 0.6) is 0 Å². The Labute approximate surface area is 129 Å². The van der Waals surface area contributed by atoms with Gasteiger partial charge in [-0.1, -0.05) is 40.5 Å². The van der Waals surface area contributed by atoms with Crippen LogP contribution in [0.4, 0.5) is 5.82 Å². The molecule has 2 heterocycles. The van der Waals surface area contributed by atoms with E-state index >= 15 is 0 Å². The monoisotopic (exact) mass is 321 g/mol. The van der Waals surface area contributed by atoms with E-state index in [2.05, 4.69) is 10.1 Å². The molecular formula is C14H9Cl2N3O2. The van der Waals surface area contributed by atoms with E-state index in [1.54, 1.807) is 30.3 Å². The summed E-state index contributed by atoms with van der Waals surface area (Å²) in [4.78, 5) is 14.1. The highest BCUT2D eigenvalue weighted by atomic mass is 35.5. The minimum atomic E-state index is -0.265. The molecule has 3 aromatic rings. The van der Waals surface area contributed by atoms with Crippen molar-refractivity contribution in [1.82, 2.24) is 10.1 Å². The maximum atomic E-state index is 11.5. The van der Waals surface area contributed by atoms with Gasteiger partial charge in [0.1, 0.15) is 0 Å². The number of hydrogen-bond acceptors (Lipinski definition) is 4. The first-order valence-electron chi connectivity index (χ1n) is 5.97. The molecule has 5 nitrogen and oxygen atoms in total. The van der Waals surface area contributed by atoms with Crippen molar-refractivity contribution >= 4 is 29.0 Å². The molecule has 3 N–H and O–H groups in total. The first kappa shape index (κ1) is 13.7. The molecule has 0 amide bonds. The highest BCUT2D eigenvalue weighted by Gasteiger charge is 2.22. The second-order valence-corrected chi connectivity index (χ2v) is 5.11. The Morgan fingerprint density at radius 3 is 2.38 bits per heavy atom. The molecule has 106 valence electrons. The number of nitrogens with two attached hydrogens (primary N) is 1. The van der Waals surface area contributed by atoms with Gasteiger partial charge in [0.25, 0.3) is 0 Å². The van der Waals surface area contributed by atoms with Crippen LogP contribution in [0.1, 0.15) is 0 Å². The SMILES string of the molecule is Nc1noc(-c2cccc(=O)[nH]2)c1-c1c(Cl)cccc1Cl. The van der Waals surface area contributed by atoms with Gasteiger partial charge in [0.15, 0.2) is 11.6 Å². The van der Waals surface area contributed by atoms with Crippen molar-refractivity contribution in [2.24, 2.45) is 0 Å². The number of benzene rings is 1. The fourth-order valence-electron chi connectivity index (χ4n) is 2.04. The molecule has 0 aliphatic heterocycles. The molecule has 7 heteroatoms. The van der Waals surface area contributed by atoms with Gasteiger partial charge in [0.2, 0.25) is 5.56 Å². The van der Waals surface area contributed by atoms with E-state index in [1.165, 1.54) is 6.07 Å². The minimum Gasteiger partial charge on any atom is -0.380 e. The largest absolute Gasteiger partial charge is 0.380 e. The van der Waals surface area contributed by atoms with Crippen molar-refractivity contribution < 1.29 is 4.52 Å². The third-order valence-electron chi connectivity index (χ3n) is 2.94. The van der Waals surface area contributed by atoms with E-state index in [-0.39, 0.29) is 11.4 Å². The van der Waals surface area contributed by atoms with Gasteiger partial charge >= 0.3 is 0 Å².